The number of rotatable bonds is 7. The van der Waals surface area contributed by atoms with E-state index in [1.807, 2.05) is 12.1 Å². The Kier molecular flexibility index (Phi) is 7.07. The van der Waals surface area contributed by atoms with Crippen LogP contribution in [0.3, 0.4) is 0 Å². The SMILES string of the molecule is C[C@@H]1CN([C@@H](C)Cc2cc(Cl)cc(C#N)c2)C[C@H]1COc1ccc(S(C)(=O)=O)cc1. The van der Waals surface area contributed by atoms with Crippen molar-refractivity contribution in [2.24, 2.45) is 11.8 Å². The maximum absolute atomic E-state index is 11.6. The number of nitrogens with zero attached hydrogens (tertiary/aromatic N) is 2. The first-order valence-corrected chi connectivity index (χ1v) is 12.3. The number of halogens is 1. The molecule has 2 aromatic rings. The van der Waals surface area contributed by atoms with Crippen LogP contribution in [0.1, 0.15) is 25.0 Å². The fraction of sp³-hybridized carbons (Fsp3) is 0.435. The number of hydrogen-bond acceptors (Lipinski definition) is 5. The number of ether oxygens (including phenoxy) is 1. The molecule has 1 fully saturated rings. The van der Waals surface area contributed by atoms with E-state index in [9.17, 15) is 8.42 Å². The fourth-order valence-corrected chi connectivity index (χ4v) is 4.83. The van der Waals surface area contributed by atoms with E-state index in [-0.39, 0.29) is 0 Å². The lowest BCUT2D eigenvalue weighted by Crippen LogP contribution is -2.33. The molecule has 3 rings (SSSR count). The highest BCUT2D eigenvalue weighted by Crippen LogP contribution is 2.27. The summed E-state index contributed by atoms with van der Waals surface area (Å²) in [6.07, 6.45) is 2.03. The van der Waals surface area contributed by atoms with Crippen molar-refractivity contribution in [2.45, 2.75) is 31.2 Å². The molecule has 0 spiro atoms. The average molecular weight is 447 g/mol. The second-order valence-corrected chi connectivity index (χ2v) is 10.7. The van der Waals surface area contributed by atoms with Gasteiger partial charge in [-0.1, -0.05) is 18.5 Å². The summed E-state index contributed by atoms with van der Waals surface area (Å²) in [5.41, 5.74) is 1.66. The lowest BCUT2D eigenvalue weighted by molar-refractivity contribution is 0.211. The quantitative estimate of drug-likeness (QED) is 0.637. The summed E-state index contributed by atoms with van der Waals surface area (Å²) < 4.78 is 29.1. The van der Waals surface area contributed by atoms with Crippen LogP contribution in [0.2, 0.25) is 5.02 Å². The summed E-state index contributed by atoms with van der Waals surface area (Å²) in [6.45, 7) is 6.97. The molecule has 0 unspecified atom stereocenters. The predicted molar refractivity (Wildman–Crippen MR) is 119 cm³/mol. The Balaban J connectivity index is 1.56. The van der Waals surface area contributed by atoms with Crippen molar-refractivity contribution in [1.82, 2.24) is 4.90 Å². The zero-order valence-electron chi connectivity index (χ0n) is 17.5. The summed E-state index contributed by atoms with van der Waals surface area (Å²) in [5, 5.41) is 9.74. The van der Waals surface area contributed by atoms with Crippen molar-refractivity contribution in [3.05, 3.63) is 58.6 Å². The molecule has 1 aliphatic rings. The minimum Gasteiger partial charge on any atom is -0.493 e. The van der Waals surface area contributed by atoms with Crippen LogP contribution >= 0.6 is 11.6 Å². The van der Waals surface area contributed by atoms with Gasteiger partial charge in [0.15, 0.2) is 9.84 Å². The number of sulfone groups is 1. The van der Waals surface area contributed by atoms with E-state index in [2.05, 4.69) is 24.8 Å². The normalized spacial score (nSPS) is 20.6. The Bertz CT molecular complexity index is 1030. The van der Waals surface area contributed by atoms with Crippen molar-refractivity contribution < 1.29 is 13.2 Å². The Morgan fingerprint density at radius 1 is 1.23 bits per heavy atom. The molecule has 0 radical (unpaired) electrons. The summed E-state index contributed by atoms with van der Waals surface area (Å²) in [5.74, 6) is 1.58. The van der Waals surface area contributed by atoms with Gasteiger partial charge in [-0.05, 0) is 67.3 Å². The Labute approximate surface area is 184 Å². The molecule has 2 aromatic carbocycles. The molecule has 1 saturated heterocycles. The van der Waals surface area contributed by atoms with Gasteiger partial charge in [-0.25, -0.2) is 8.42 Å². The highest BCUT2D eigenvalue weighted by molar-refractivity contribution is 7.90. The third-order valence-corrected chi connectivity index (χ3v) is 7.10. The van der Waals surface area contributed by atoms with Gasteiger partial charge in [-0.15, -0.1) is 0 Å². The molecule has 7 heteroatoms. The molecule has 0 N–H and O–H groups in total. The first-order valence-electron chi connectivity index (χ1n) is 10.0. The number of hydrogen-bond donors (Lipinski definition) is 0. The van der Waals surface area contributed by atoms with Crippen LogP contribution in [0.25, 0.3) is 0 Å². The molecule has 0 saturated carbocycles. The van der Waals surface area contributed by atoms with Gasteiger partial charge < -0.3 is 4.74 Å². The topological polar surface area (TPSA) is 70.4 Å². The fourth-order valence-electron chi connectivity index (χ4n) is 3.94. The summed E-state index contributed by atoms with van der Waals surface area (Å²) in [4.78, 5) is 2.75. The van der Waals surface area contributed by atoms with Gasteiger partial charge in [0.05, 0.1) is 23.1 Å². The van der Waals surface area contributed by atoms with Crippen LogP contribution in [-0.4, -0.2) is 45.3 Å². The molecular formula is C23H27ClN2O3S. The predicted octanol–water partition coefficient (Wildman–Crippen LogP) is 4.19. The number of nitriles is 1. The van der Waals surface area contributed by atoms with Crippen LogP contribution < -0.4 is 4.74 Å². The van der Waals surface area contributed by atoms with E-state index >= 15 is 0 Å². The van der Waals surface area contributed by atoms with Crippen molar-refractivity contribution in [1.29, 1.82) is 5.26 Å². The average Bonchev–Trinajstić information content (AvgIpc) is 3.06. The van der Waals surface area contributed by atoms with Gasteiger partial charge in [-0.3, -0.25) is 4.90 Å². The molecule has 0 bridgehead atoms. The van der Waals surface area contributed by atoms with Gasteiger partial charge in [0.25, 0.3) is 0 Å². The maximum Gasteiger partial charge on any atom is 0.175 e. The van der Waals surface area contributed by atoms with Gasteiger partial charge in [-0.2, -0.15) is 5.26 Å². The third kappa shape index (κ3) is 5.75. The zero-order chi connectivity index (χ0) is 21.9. The first kappa shape index (κ1) is 22.6. The number of benzene rings is 2. The van der Waals surface area contributed by atoms with Crippen LogP contribution in [-0.2, 0) is 16.3 Å². The lowest BCUT2D eigenvalue weighted by Gasteiger charge is -2.24. The molecule has 3 atom stereocenters. The van der Waals surface area contributed by atoms with Crippen molar-refractivity contribution in [3.8, 4) is 11.8 Å². The second-order valence-electron chi connectivity index (χ2n) is 8.26. The van der Waals surface area contributed by atoms with E-state index in [0.29, 0.717) is 45.7 Å². The van der Waals surface area contributed by atoms with Crippen molar-refractivity contribution in [2.75, 3.05) is 26.0 Å². The Morgan fingerprint density at radius 3 is 2.57 bits per heavy atom. The van der Waals surface area contributed by atoms with Crippen LogP contribution in [0.4, 0.5) is 0 Å². The van der Waals surface area contributed by atoms with Gasteiger partial charge in [0.1, 0.15) is 5.75 Å². The van der Waals surface area contributed by atoms with Crippen molar-refractivity contribution in [3.63, 3.8) is 0 Å². The standard InChI is InChI=1S/C23H27ClN2O3S/c1-16-13-26(17(2)8-18-9-19(12-25)11-21(24)10-18)14-20(16)15-29-22-4-6-23(7-5-22)30(3,27)28/h4-7,9-11,16-17,20H,8,13-15H2,1-3H3/t16-,17+,20+/m1/s1. The molecule has 1 aliphatic heterocycles. The van der Waals surface area contributed by atoms with Gasteiger partial charge in [0, 0.05) is 36.3 Å². The largest absolute Gasteiger partial charge is 0.493 e. The highest BCUT2D eigenvalue weighted by atomic mass is 35.5. The van der Waals surface area contributed by atoms with E-state index in [0.717, 1.165) is 25.1 Å². The molecule has 160 valence electrons. The summed E-state index contributed by atoms with van der Waals surface area (Å²) >= 11 is 6.14. The number of likely N-dealkylation sites (tertiary alicyclic amines) is 1. The van der Waals surface area contributed by atoms with Crippen LogP contribution in [0, 0.1) is 23.2 Å². The summed E-state index contributed by atoms with van der Waals surface area (Å²) in [7, 11) is -3.20. The third-order valence-electron chi connectivity index (χ3n) is 5.75. The van der Waals surface area contributed by atoms with Crippen LogP contribution in [0.15, 0.2) is 47.4 Å². The molecule has 0 aliphatic carbocycles. The minimum atomic E-state index is -3.20. The smallest absolute Gasteiger partial charge is 0.175 e. The maximum atomic E-state index is 11.6. The molecule has 0 amide bonds. The lowest BCUT2D eigenvalue weighted by atomic mass is 9.99. The Morgan fingerprint density at radius 2 is 1.93 bits per heavy atom. The molecule has 1 heterocycles. The van der Waals surface area contributed by atoms with E-state index in [4.69, 9.17) is 21.6 Å². The monoisotopic (exact) mass is 446 g/mol. The molecule has 5 nitrogen and oxygen atoms in total. The van der Waals surface area contributed by atoms with Gasteiger partial charge in [0.2, 0.25) is 0 Å². The molecule has 0 aromatic heterocycles. The van der Waals surface area contributed by atoms with E-state index < -0.39 is 9.84 Å². The molecule has 30 heavy (non-hydrogen) atoms. The summed E-state index contributed by atoms with van der Waals surface area (Å²) in [6, 6.07) is 14.6. The van der Waals surface area contributed by atoms with Gasteiger partial charge >= 0.3 is 0 Å². The second kappa shape index (κ2) is 9.38. The highest BCUT2D eigenvalue weighted by Gasteiger charge is 2.32. The molecular weight excluding hydrogens is 420 g/mol. The van der Waals surface area contributed by atoms with E-state index in [1.54, 1.807) is 30.3 Å². The Hall–Kier alpha value is -2.07. The van der Waals surface area contributed by atoms with E-state index in [1.165, 1.54) is 6.26 Å². The van der Waals surface area contributed by atoms with Crippen molar-refractivity contribution >= 4 is 21.4 Å². The van der Waals surface area contributed by atoms with Crippen LogP contribution in [0.5, 0.6) is 5.75 Å². The first-order chi connectivity index (χ1) is 14.2. The minimum absolute atomic E-state index is 0.296. The zero-order valence-corrected chi connectivity index (χ0v) is 19.1.